The van der Waals surface area contributed by atoms with E-state index in [1.807, 2.05) is 17.0 Å². The number of likely N-dealkylation sites (tertiary alicyclic amines) is 1. The van der Waals surface area contributed by atoms with E-state index in [9.17, 15) is 4.79 Å². The minimum atomic E-state index is 0.113. The predicted octanol–water partition coefficient (Wildman–Crippen LogP) is 4.02. The Morgan fingerprint density at radius 2 is 1.77 bits per heavy atom. The molecule has 1 aliphatic rings. The molecule has 0 atom stereocenters. The zero-order chi connectivity index (χ0) is 18.4. The van der Waals surface area contributed by atoms with Gasteiger partial charge in [0.2, 0.25) is 0 Å². The summed E-state index contributed by atoms with van der Waals surface area (Å²) >= 11 is 0. The fraction of sp³-hybridized carbons (Fsp3) is 0.455. The van der Waals surface area contributed by atoms with Crippen molar-refractivity contribution in [3.63, 3.8) is 0 Å². The first kappa shape index (κ1) is 18.4. The van der Waals surface area contributed by atoms with Crippen LogP contribution in [0.2, 0.25) is 0 Å². The van der Waals surface area contributed by atoms with Gasteiger partial charge in [-0.2, -0.15) is 0 Å². The van der Waals surface area contributed by atoms with E-state index in [-0.39, 0.29) is 5.91 Å². The third-order valence-electron chi connectivity index (χ3n) is 5.35. The molecule has 1 saturated heterocycles. The third-order valence-corrected chi connectivity index (χ3v) is 5.35. The van der Waals surface area contributed by atoms with Crippen LogP contribution >= 0.6 is 0 Å². The minimum Gasteiger partial charge on any atom is -0.357 e. The molecule has 1 amide bonds. The Balaban J connectivity index is 1.55. The number of carbonyl (C=O) groups is 1. The average Bonchev–Trinajstić information content (AvgIpc) is 2.70. The van der Waals surface area contributed by atoms with Gasteiger partial charge in [0, 0.05) is 32.4 Å². The van der Waals surface area contributed by atoms with Crippen LogP contribution in [0.1, 0.15) is 42.6 Å². The van der Waals surface area contributed by atoms with E-state index >= 15 is 0 Å². The zero-order valence-corrected chi connectivity index (χ0v) is 15.9. The molecular formula is C22H29N3O. The number of carbonyl (C=O) groups excluding carboxylic acids is 1. The summed E-state index contributed by atoms with van der Waals surface area (Å²) in [5.74, 6) is 1.72. The number of piperidine rings is 1. The van der Waals surface area contributed by atoms with Crippen molar-refractivity contribution >= 4 is 11.7 Å². The van der Waals surface area contributed by atoms with E-state index in [2.05, 4.69) is 54.1 Å². The summed E-state index contributed by atoms with van der Waals surface area (Å²) in [5, 5.41) is 0. The summed E-state index contributed by atoms with van der Waals surface area (Å²) in [5.41, 5.74) is 2.09. The highest BCUT2D eigenvalue weighted by Crippen LogP contribution is 2.23. The van der Waals surface area contributed by atoms with E-state index in [4.69, 9.17) is 0 Å². The van der Waals surface area contributed by atoms with Crippen LogP contribution in [-0.2, 0) is 6.42 Å². The number of pyridine rings is 1. The second-order valence-corrected chi connectivity index (χ2v) is 7.00. The van der Waals surface area contributed by atoms with Crippen LogP contribution < -0.4 is 4.90 Å². The maximum absolute atomic E-state index is 12.8. The van der Waals surface area contributed by atoms with E-state index in [1.165, 1.54) is 5.56 Å². The number of rotatable bonds is 6. The van der Waals surface area contributed by atoms with Crippen molar-refractivity contribution in [2.75, 3.05) is 31.1 Å². The molecule has 0 N–H and O–H groups in total. The normalized spacial score (nSPS) is 15.1. The van der Waals surface area contributed by atoms with Gasteiger partial charge in [-0.25, -0.2) is 4.98 Å². The Kier molecular flexibility index (Phi) is 6.26. The first-order chi connectivity index (χ1) is 12.7. The highest BCUT2D eigenvalue weighted by atomic mass is 16.2. The number of hydrogen-bond acceptors (Lipinski definition) is 3. The van der Waals surface area contributed by atoms with Crippen LogP contribution in [0, 0.1) is 5.92 Å². The maximum Gasteiger partial charge on any atom is 0.255 e. The van der Waals surface area contributed by atoms with Crippen LogP contribution in [0.3, 0.4) is 0 Å². The molecule has 1 aromatic carbocycles. The monoisotopic (exact) mass is 351 g/mol. The van der Waals surface area contributed by atoms with E-state index in [0.717, 1.165) is 51.3 Å². The molecule has 0 saturated carbocycles. The molecule has 0 bridgehead atoms. The number of hydrogen-bond donors (Lipinski definition) is 0. The average molecular weight is 351 g/mol. The lowest BCUT2D eigenvalue weighted by atomic mass is 9.90. The quantitative estimate of drug-likeness (QED) is 0.788. The molecule has 26 heavy (non-hydrogen) atoms. The van der Waals surface area contributed by atoms with Gasteiger partial charge in [-0.3, -0.25) is 4.79 Å². The van der Waals surface area contributed by atoms with Crippen molar-refractivity contribution in [2.24, 2.45) is 5.92 Å². The molecule has 0 radical (unpaired) electrons. The van der Waals surface area contributed by atoms with Gasteiger partial charge in [0.15, 0.2) is 0 Å². The Labute approximate surface area is 156 Å². The molecule has 4 heteroatoms. The lowest BCUT2D eigenvalue weighted by molar-refractivity contribution is 0.0690. The van der Waals surface area contributed by atoms with Gasteiger partial charge >= 0.3 is 0 Å². The standard InChI is InChI=1S/C22H29N3O/c1-3-24(4-2)21-11-10-20(17-23-21)22(26)25-14-12-19(13-15-25)16-18-8-6-5-7-9-18/h5-11,17,19H,3-4,12-16H2,1-2H3. The molecular weight excluding hydrogens is 322 g/mol. The summed E-state index contributed by atoms with van der Waals surface area (Å²) in [6.07, 6.45) is 4.99. The first-order valence-corrected chi connectivity index (χ1v) is 9.75. The van der Waals surface area contributed by atoms with Crippen molar-refractivity contribution < 1.29 is 4.79 Å². The van der Waals surface area contributed by atoms with Gasteiger partial charge in [-0.05, 0) is 56.7 Å². The van der Waals surface area contributed by atoms with E-state index in [0.29, 0.717) is 11.5 Å². The number of aromatic nitrogens is 1. The molecule has 2 aromatic rings. The molecule has 1 aliphatic heterocycles. The molecule has 2 heterocycles. The number of nitrogens with zero attached hydrogens (tertiary/aromatic N) is 3. The largest absolute Gasteiger partial charge is 0.357 e. The fourth-order valence-corrected chi connectivity index (χ4v) is 3.72. The van der Waals surface area contributed by atoms with Crippen LogP contribution in [0.15, 0.2) is 48.7 Å². The number of benzene rings is 1. The molecule has 0 unspecified atom stereocenters. The van der Waals surface area contributed by atoms with Gasteiger partial charge in [0.1, 0.15) is 5.82 Å². The first-order valence-electron chi connectivity index (χ1n) is 9.75. The lowest BCUT2D eigenvalue weighted by Gasteiger charge is -2.32. The van der Waals surface area contributed by atoms with Gasteiger partial charge in [0.25, 0.3) is 5.91 Å². The molecule has 0 spiro atoms. The van der Waals surface area contributed by atoms with Crippen LogP contribution in [0.5, 0.6) is 0 Å². The second-order valence-electron chi connectivity index (χ2n) is 7.00. The number of amides is 1. The predicted molar refractivity (Wildman–Crippen MR) is 107 cm³/mol. The minimum absolute atomic E-state index is 0.113. The van der Waals surface area contributed by atoms with E-state index < -0.39 is 0 Å². The summed E-state index contributed by atoms with van der Waals surface area (Å²) in [4.78, 5) is 21.4. The molecule has 1 aromatic heterocycles. The Bertz CT molecular complexity index is 687. The van der Waals surface area contributed by atoms with Crippen molar-refractivity contribution in [3.8, 4) is 0 Å². The fourth-order valence-electron chi connectivity index (χ4n) is 3.72. The van der Waals surface area contributed by atoms with Crippen LogP contribution in [0.4, 0.5) is 5.82 Å². The maximum atomic E-state index is 12.8. The molecule has 1 fully saturated rings. The summed E-state index contributed by atoms with van der Waals surface area (Å²) in [7, 11) is 0. The smallest absolute Gasteiger partial charge is 0.255 e. The number of anilines is 1. The molecule has 0 aliphatic carbocycles. The summed E-state index contributed by atoms with van der Waals surface area (Å²) < 4.78 is 0. The lowest BCUT2D eigenvalue weighted by Crippen LogP contribution is -2.39. The summed E-state index contributed by atoms with van der Waals surface area (Å²) in [6.45, 7) is 7.76. The third kappa shape index (κ3) is 4.43. The highest BCUT2D eigenvalue weighted by molar-refractivity contribution is 5.94. The van der Waals surface area contributed by atoms with Crippen LogP contribution in [-0.4, -0.2) is 42.0 Å². The second kappa shape index (κ2) is 8.84. The van der Waals surface area contributed by atoms with Gasteiger partial charge < -0.3 is 9.80 Å². The van der Waals surface area contributed by atoms with Crippen molar-refractivity contribution in [2.45, 2.75) is 33.1 Å². The highest BCUT2D eigenvalue weighted by Gasteiger charge is 2.24. The van der Waals surface area contributed by atoms with Gasteiger partial charge in [-0.1, -0.05) is 30.3 Å². The van der Waals surface area contributed by atoms with E-state index in [1.54, 1.807) is 6.20 Å². The zero-order valence-electron chi connectivity index (χ0n) is 15.9. The topological polar surface area (TPSA) is 36.4 Å². The van der Waals surface area contributed by atoms with Crippen molar-refractivity contribution in [1.82, 2.24) is 9.88 Å². The van der Waals surface area contributed by atoms with Gasteiger partial charge in [0.05, 0.1) is 5.56 Å². The Morgan fingerprint density at radius 3 is 2.35 bits per heavy atom. The van der Waals surface area contributed by atoms with Gasteiger partial charge in [-0.15, -0.1) is 0 Å². The Morgan fingerprint density at radius 1 is 1.08 bits per heavy atom. The Hall–Kier alpha value is -2.36. The van der Waals surface area contributed by atoms with Crippen molar-refractivity contribution in [3.05, 3.63) is 59.8 Å². The van der Waals surface area contributed by atoms with Crippen molar-refractivity contribution in [1.29, 1.82) is 0 Å². The molecule has 3 rings (SSSR count). The van der Waals surface area contributed by atoms with Crippen LogP contribution in [0.25, 0.3) is 0 Å². The molecule has 138 valence electrons. The molecule has 4 nitrogen and oxygen atoms in total. The summed E-state index contributed by atoms with van der Waals surface area (Å²) in [6, 6.07) is 14.5. The SMILES string of the molecule is CCN(CC)c1ccc(C(=O)N2CCC(Cc3ccccc3)CC2)cn1.